The molecule has 22 heavy (non-hydrogen) atoms. The number of aromatic amines is 2. The lowest BCUT2D eigenvalue weighted by atomic mass is 10.3. The van der Waals surface area contributed by atoms with Gasteiger partial charge >= 0.3 is 11.4 Å². The molecule has 0 aliphatic rings. The standard InChI is InChI=1S/C14H17N5O2S/c1-2-18-13(21)16-17-14(18)22-9-5-8-19-11-7-4-3-6-10(11)15-12(19)20/h3-4,6-7H,2,5,8-9H2,1H3,(H,15,20)(H,16,21). The summed E-state index contributed by atoms with van der Waals surface area (Å²) in [4.78, 5) is 26.3. The van der Waals surface area contributed by atoms with Gasteiger partial charge in [-0.3, -0.25) is 9.13 Å². The van der Waals surface area contributed by atoms with Crippen LogP contribution in [0.2, 0.25) is 0 Å². The predicted octanol–water partition coefficient (Wildman–Crippen LogP) is 1.42. The molecule has 2 aromatic heterocycles. The molecule has 0 atom stereocenters. The van der Waals surface area contributed by atoms with Crippen molar-refractivity contribution in [2.45, 2.75) is 31.6 Å². The minimum absolute atomic E-state index is 0.0866. The zero-order valence-corrected chi connectivity index (χ0v) is 13.0. The van der Waals surface area contributed by atoms with Gasteiger partial charge in [0.1, 0.15) is 0 Å². The maximum atomic E-state index is 11.9. The van der Waals surface area contributed by atoms with E-state index in [2.05, 4.69) is 15.2 Å². The van der Waals surface area contributed by atoms with Gasteiger partial charge < -0.3 is 4.98 Å². The third-order valence-electron chi connectivity index (χ3n) is 3.48. The summed E-state index contributed by atoms with van der Waals surface area (Å²) in [6.45, 7) is 3.14. The average Bonchev–Trinajstić information content (AvgIpc) is 3.03. The number of hydrogen-bond donors (Lipinski definition) is 2. The molecule has 1 aromatic carbocycles. The van der Waals surface area contributed by atoms with E-state index in [0.29, 0.717) is 18.2 Å². The Labute approximate surface area is 130 Å². The molecule has 7 nitrogen and oxygen atoms in total. The van der Waals surface area contributed by atoms with Gasteiger partial charge in [-0.05, 0) is 25.5 Å². The Morgan fingerprint density at radius 3 is 2.82 bits per heavy atom. The summed E-state index contributed by atoms with van der Waals surface area (Å²) < 4.78 is 3.34. The van der Waals surface area contributed by atoms with Crippen LogP contribution in [0.3, 0.4) is 0 Å². The summed E-state index contributed by atoms with van der Waals surface area (Å²) in [6, 6.07) is 7.65. The number of aromatic nitrogens is 5. The van der Waals surface area contributed by atoms with Crippen molar-refractivity contribution < 1.29 is 0 Å². The second kappa shape index (κ2) is 6.27. The third-order valence-corrected chi connectivity index (χ3v) is 4.54. The van der Waals surface area contributed by atoms with Crippen LogP contribution in [0.25, 0.3) is 11.0 Å². The van der Waals surface area contributed by atoms with Crippen molar-refractivity contribution in [1.29, 1.82) is 0 Å². The molecule has 0 aliphatic carbocycles. The highest BCUT2D eigenvalue weighted by Crippen LogP contribution is 2.15. The number of nitrogens with zero attached hydrogens (tertiary/aromatic N) is 3. The number of nitrogens with one attached hydrogen (secondary N) is 2. The summed E-state index contributed by atoms with van der Waals surface area (Å²) in [7, 11) is 0. The molecule has 0 saturated carbocycles. The van der Waals surface area contributed by atoms with Crippen LogP contribution in [0.1, 0.15) is 13.3 Å². The highest BCUT2D eigenvalue weighted by Gasteiger charge is 2.08. The molecule has 0 spiro atoms. The average molecular weight is 319 g/mol. The molecular weight excluding hydrogens is 302 g/mol. The van der Waals surface area contributed by atoms with Crippen LogP contribution < -0.4 is 11.4 Å². The van der Waals surface area contributed by atoms with Crippen molar-refractivity contribution in [3.8, 4) is 0 Å². The van der Waals surface area contributed by atoms with E-state index in [9.17, 15) is 9.59 Å². The van der Waals surface area contributed by atoms with Gasteiger partial charge in [-0.25, -0.2) is 14.7 Å². The molecule has 0 fully saturated rings. The fourth-order valence-corrected chi connectivity index (χ4v) is 3.34. The van der Waals surface area contributed by atoms with Gasteiger partial charge in [-0.2, -0.15) is 0 Å². The number of thioether (sulfide) groups is 1. The van der Waals surface area contributed by atoms with Crippen LogP contribution in [0, 0.1) is 0 Å². The minimum Gasteiger partial charge on any atom is -0.306 e. The quantitative estimate of drug-likeness (QED) is 0.531. The second-order valence-corrected chi connectivity index (χ2v) is 5.92. The molecule has 0 amide bonds. The second-order valence-electron chi connectivity index (χ2n) is 4.86. The van der Waals surface area contributed by atoms with E-state index >= 15 is 0 Å². The first-order chi connectivity index (χ1) is 10.7. The number of benzene rings is 1. The number of rotatable bonds is 6. The summed E-state index contributed by atoms with van der Waals surface area (Å²) in [6.07, 6.45) is 0.817. The normalized spacial score (nSPS) is 11.3. The predicted molar refractivity (Wildman–Crippen MR) is 86.4 cm³/mol. The number of fused-ring (bicyclic) bond motifs is 1. The smallest absolute Gasteiger partial charge is 0.306 e. The Hall–Kier alpha value is -2.22. The van der Waals surface area contributed by atoms with Crippen LogP contribution in [-0.2, 0) is 13.1 Å². The third kappa shape index (κ3) is 2.74. The van der Waals surface area contributed by atoms with Gasteiger partial charge in [0.25, 0.3) is 0 Å². The summed E-state index contributed by atoms with van der Waals surface area (Å²) in [5.41, 5.74) is 1.50. The summed E-state index contributed by atoms with van der Waals surface area (Å²) in [5, 5.41) is 7.15. The number of imidazole rings is 1. The van der Waals surface area contributed by atoms with Crippen molar-refractivity contribution in [2.24, 2.45) is 0 Å². The molecule has 2 N–H and O–H groups in total. The maximum absolute atomic E-state index is 11.9. The number of aryl methyl sites for hydroxylation is 1. The van der Waals surface area contributed by atoms with Gasteiger partial charge in [0.05, 0.1) is 11.0 Å². The van der Waals surface area contributed by atoms with Gasteiger partial charge in [-0.15, -0.1) is 5.10 Å². The Balaban J connectivity index is 1.64. The van der Waals surface area contributed by atoms with Crippen molar-refractivity contribution >= 4 is 22.8 Å². The van der Waals surface area contributed by atoms with Crippen LogP contribution in [0.4, 0.5) is 0 Å². The molecule has 0 aliphatic heterocycles. The van der Waals surface area contributed by atoms with E-state index in [1.54, 1.807) is 9.13 Å². The van der Waals surface area contributed by atoms with E-state index in [1.165, 1.54) is 11.8 Å². The molecular formula is C14H17N5O2S. The van der Waals surface area contributed by atoms with Crippen molar-refractivity contribution in [3.05, 3.63) is 45.2 Å². The van der Waals surface area contributed by atoms with Crippen molar-refractivity contribution in [1.82, 2.24) is 24.3 Å². The summed E-state index contributed by atoms with van der Waals surface area (Å²) in [5.74, 6) is 0.788. The largest absolute Gasteiger partial charge is 0.343 e. The van der Waals surface area contributed by atoms with Gasteiger partial charge in [0.2, 0.25) is 0 Å². The lowest BCUT2D eigenvalue weighted by Gasteiger charge is -2.04. The topological polar surface area (TPSA) is 88.5 Å². The number of hydrogen-bond acceptors (Lipinski definition) is 4. The zero-order chi connectivity index (χ0) is 15.5. The van der Waals surface area contributed by atoms with Crippen LogP contribution in [0.5, 0.6) is 0 Å². The van der Waals surface area contributed by atoms with Crippen molar-refractivity contribution in [2.75, 3.05) is 5.75 Å². The first-order valence-electron chi connectivity index (χ1n) is 7.16. The summed E-state index contributed by atoms with van der Waals surface area (Å²) >= 11 is 1.52. The van der Waals surface area contributed by atoms with Gasteiger partial charge in [-0.1, -0.05) is 23.9 Å². The lowest BCUT2D eigenvalue weighted by Crippen LogP contribution is -2.17. The minimum atomic E-state index is -0.183. The number of para-hydroxylation sites is 2. The molecule has 0 unspecified atom stereocenters. The molecule has 116 valence electrons. The Morgan fingerprint density at radius 2 is 2.00 bits per heavy atom. The van der Waals surface area contributed by atoms with Crippen LogP contribution in [-0.4, -0.2) is 30.1 Å². The zero-order valence-electron chi connectivity index (χ0n) is 12.2. The first-order valence-corrected chi connectivity index (χ1v) is 8.15. The fourth-order valence-electron chi connectivity index (χ4n) is 2.41. The molecule has 0 bridgehead atoms. The molecule has 0 radical (unpaired) electrons. The monoisotopic (exact) mass is 319 g/mol. The first kappa shape index (κ1) is 14.7. The van der Waals surface area contributed by atoms with E-state index in [-0.39, 0.29) is 11.4 Å². The van der Waals surface area contributed by atoms with E-state index in [4.69, 9.17) is 0 Å². The Bertz CT molecular complexity index is 888. The van der Waals surface area contributed by atoms with Crippen LogP contribution >= 0.6 is 11.8 Å². The van der Waals surface area contributed by atoms with E-state index in [1.807, 2.05) is 31.2 Å². The lowest BCUT2D eigenvalue weighted by molar-refractivity contribution is 0.655. The molecule has 2 heterocycles. The van der Waals surface area contributed by atoms with Gasteiger partial charge in [0, 0.05) is 18.8 Å². The van der Waals surface area contributed by atoms with E-state index < -0.39 is 0 Å². The van der Waals surface area contributed by atoms with Gasteiger partial charge in [0.15, 0.2) is 5.16 Å². The molecule has 0 saturated heterocycles. The highest BCUT2D eigenvalue weighted by atomic mass is 32.2. The van der Waals surface area contributed by atoms with Crippen LogP contribution in [0.15, 0.2) is 39.0 Å². The molecule has 3 rings (SSSR count). The van der Waals surface area contributed by atoms with Crippen molar-refractivity contribution in [3.63, 3.8) is 0 Å². The molecule has 3 aromatic rings. The highest BCUT2D eigenvalue weighted by molar-refractivity contribution is 7.99. The Kier molecular flexibility index (Phi) is 4.19. The SMILES string of the molecule is CCn1c(SCCCn2c(=O)[nH]c3ccccc32)n[nH]c1=O. The van der Waals surface area contributed by atoms with E-state index in [0.717, 1.165) is 23.2 Å². The Morgan fingerprint density at radius 1 is 1.18 bits per heavy atom. The number of H-pyrrole nitrogens is 2. The molecule has 8 heteroatoms. The fraction of sp³-hybridized carbons (Fsp3) is 0.357. The maximum Gasteiger partial charge on any atom is 0.343 e.